The van der Waals surface area contributed by atoms with Gasteiger partial charge in [0.2, 0.25) is 0 Å². The summed E-state index contributed by atoms with van der Waals surface area (Å²) in [5.74, 6) is -0.989. The van der Waals surface area contributed by atoms with E-state index in [0.29, 0.717) is 6.04 Å². The number of aromatic carboxylic acids is 1. The highest BCUT2D eigenvalue weighted by Gasteiger charge is 2.11. The Bertz CT molecular complexity index is 375. The van der Waals surface area contributed by atoms with Crippen molar-refractivity contribution < 1.29 is 9.90 Å². The van der Waals surface area contributed by atoms with E-state index in [1.807, 2.05) is 18.0 Å². The Hall–Kier alpha value is -1.58. The molecule has 1 N–H and O–H groups in total. The third kappa shape index (κ3) is 2.68. The third-order valence-electron chi connectivity index (χ3n) is 2.34. The average molecular weight is 208 g/mol. The molecular formula is C11H16N2O2. The first-order valence-corrected chi connectivity index (χ1v) is 4.86. The predicted octanol–water partition coefficient (Wildman–Crippen LogP) is 1.93. The highest BCUT2D eigenvalue weighted by atomic mass is 16.4. The predicted molar refractivity (Wildman–Crippen MR) is 59.5 cm³/mol. The van der Waals surface area contributed by atoms with E-state index < -0.39 is 5.97 Å². The summed E-state index contributed by atoms with van der Waals surface area (Å²) in [6, 6.07) is 3.80. The number of hydrogen-bond donors (Lipinski definition) is 1. The molecule has 4 nitrogen and oxygen atoms in total. The molecule has 15 heavy (non-hydrogen) atoms. The summed E-state index contributed by atoms with van der Waals surface area (Å²) in [6.07, 6.45) is 0. The largest absolute Gasteiger partial charge is 0.477 e. The molecule has 0 fully saturated rings. The van der Waals surface area contributed by atoms with Crippen molar-refractivity contribution in [1.29, 1.82) is 0 Å². The topological polar surface area (TPSA) is 53.4 Å². The van der Waals surface area contributed by atoms with Gasteiger partial charge in [0.15, 0.2) is 5.69 Å². The summed E-state index contributed by atoms with van der Waals surface area (Å²) in [5.41, 5.74) is 1.70. The number of carboxylic acids is 1. The molecule has 0 radical (unpaired) electrons. The molecule has 0 aliphatic carbocycles. The maximum atomic E-state index is 10.8. The number of aromatic nitrogens is 1. The monoisotopic (exact) mass is 208 g/mol. The van der Waals surface area contributed by atoms with Gasteiger partial charge in [-0.2, -0.15) is 0 Å². The quantitative estimate of drug-likeness (QED) is 0.824. The van der Waals surface area contributed by atoms with Crippen LogP contribution in [0.4, 0.5) is 5.69 Å². The van der Waals surface area contributed by atoms with Gasteiger partial charge < -0.3 is 10.0 Å². The number of pyridine rings is 1. The summed E-state index contributed by atoms with van der Waals surface area (Å²) in [7, 11) is 1.94. The lowest BCUT2D eigenvalue weighted by atomic mass is 10.2. The number of carboxylic acid groups (broad SMARTS) is 1. The molecule has 0 saturated heterocycles. The second kappa shape index (κ2) is 4.29. The lowest BCUT2D eigenvalue weighted by molar-refractivity contribution is 0.0690. The zero-order valence-corrected chi connectivity index (χ0v) is 9.48. The van der Waals surface area contributed by atoms with E-state index in [4.69, 9.17) is 5.11 Å². The van der Waals surface area contributed by atoms with Crippen LogP contribution in [0.15, 0.2) is 12.1 Å². The minimum Gasteiger partial charge on any atom is -0.477 e. The number of nitrogens with zero attached hydrogens (tertiary/aromatic N) is 2. The van der Waals surface area contributed by atoms with Crippen molar-refractivity contribution in [2.24, 2.45) is 0 Å². The number of anilines is 1. The Balaban J connectivity index is 3.14. The first-order chi connectivity index (χ1) is 6.91. The Morgan fingerprint density at radius 1 is 1.47 bits per heavy atom. The van der Waals surface area contributed by atoms with Crippen LogP contribution in [-0.2, 0) is 0 Å². The van der Waals surface area contributed by atoms with Gasteiger partial charge in [0.05, 0.1) is 0 Å². The molecule has 0 amide bonds. The fourth-order valence-electron chi connectivity index (χ4n) is 1.26. The fourth-order valence-corrected chi connectivity index (χ4v) is 1.26. The van der Waals surface area contributed by atoms with Crippen molar-refractivity contribution in [3.63, 3.8) is 0 Å². The van der Waals surface area contributed by atoms with Gasteiger partial charge in [-0.25, -0.2) is 9.78 Å². The number of aryl methyl sites for hydroxylation is 1. The van der Waals surface area contributed by atoms with E-state index in [1.54, 1.807) is 13.0 Å². The molecule has 0 atom stereocenters. The minimum atomic E-state index is -0.989. The van der Waals surface area contributed by atoms with E-state index in [-0.39, 0.29) is 5.69 Å². The first-order valence-electron chi connectivity index (χ1n) is 4.86. The molecule has 0 saturated carbocycles. The van der Waals surface area contributed by atoms with E-state index in [1.165, 1.54) is 0 Å². The lowest BCUT2D eigenvalue weighted by Gasteiger charge is -2.24. The second-order valence-electron chi connectivity index (χ2n) is 3.86. The first kappa shape index (κ1) is 11.5. The molecule has 1 aromatic rings. The molecule has 0 spiro atoms. The standard InChI is InChI=1S/C11H16N2O2/c1-7(2)13(4)9-5-8(3)12-10(6-9)11(14)15/h5-7H,1-4H3,(H,14,15). The van der Waals surface area contributed by atoms with Crippen molar-refractivity contribution in [2.75, 3.05) is 11.9 Å². The number of rotatable bonds is 3. The van der Waals surface area contributed by atoms with Crippen molar-refractivity contribution >= 4 is 11.7 Å². The molecule has 1 rings (SSSR count). The van der Waals surface area contributed by atoms with Gasteiger partial charge in [-0.3, -0.25) is 0 Å². The summed E-state index contributed by atoms with van der Waals surface area (Å²) < 4.78 is 0. The van der Waals surface area contributed by atoms with Gasteiger partial charge in [0, 0.05) is 24.5 Å². The number of hydrogen-bond acceptors (Lipinski definition) is 3. The van der Waals surface area contributed by atoms with E-state index in [9.17, 15) is 4.79 Å². The van der Waals surface area contributed by atoms with Gasteiger partial charge in [0.25, 0.3) is 0 Å². The summed E-state index contributed by atoms with van der Waals surface area (Å²) >= 11 is 0. The molecule has 0 aliphatic rings. The Morgan fingerprint density at radius 2 is 2.07 bits per heavy atom. The molecule has 0 bridgehead atoms. The Kier molecular flexibility index (Phi) is 3.29. The molecule has 0 aromatic carbocycles. The van der Waals surface area contributed by atoms with Crippen molar-refractivity contribution in [2.45, 2.75) is 26.8 Å². The maximum Gasteiger partial charge on any atom is 0.354 e. The summed E-state index contributed by atoms with van der Waals surface area (Å²) in [5, 5.41) is 8.87. The average Bonchev–Trinajstić information content (AvgIpc) is 2.15. The fraction of sp³-hybridized carbons (Fsp3) is 0.455. The molecule has 82 valence electrons. The zero-order chi connectivity index (χ0) is 11.6. The van der Waals surface area contributed by atoms with Crippen molar-refractivity contribution in [3.8, 4) is 0 Å². The van der Waals surface area contributed by atoms with Crippen LogP contribution in [0.25, 0.3) is 0 Å². The van der Waals surface area contributed by atoms with Gasteiger partial charge in [-0.05, 0) is 32.9 Å². The maximum absolute atomic E-state index is 10.8. The van der Waals surface area contributed by atoms with Gasteiger partial charge in [-0.15, -0.1) is 0 Å². The molecular weight excluding hydrogens is 192 g/mol. The smallest absolute Gasteiger partial charge is 0.354 e. The Morgan fingerprint density at radius 3 is 2.53 bits per heavy atom. The van der Waals surface area contributed by atoms with Crippen LogP contribution in [0.2, 0.25) is 0 Å². The van der Waals surface area contributed by atoms with Gasteiger partial charge in [0.1, 0.15) is 0 Å². The highest BCUT2D eigenvalue weighted by molar-refractivity contribution is 5.86. The van der Waals surface area contributed by atoms with Crippen LogP contribution >= 0.6 is 0 Å². The summed E-state index contributed by atoms with van der Waals surface area (Å²) in [4.78, 5) is 16.8. The van der Waals surface area contributed by atoms with Crippen molar-refractivity contribution in [1.82, 2.24) is 4.98 Å². The van der Waals surface area contributed by atoms with Crippen LogP contribution in [0, 0.1) is 6.92 Å². The van der Waals surface area contributed by atoms with E-state index in [2.05, 4.69) is 18.8 Å². The lowest BCUT2D eigenvalue weighted by Crippen LogP contribution is -2.26. The molecule has 1 heterocycles. The van der Waals surface area contributed by atoms with Crippen LogP contribution in [0.1, 0.15) is 30.0 Å². The van der Waals surface area contributed by atoms with E-state index in [0.717, 1.165) is 11.4 Å². The second-order valence-corrected chi connectivity index (χ2v) is 3.86. The van der Waals surface area contributed by atoms with Crippen LogP contribution < -0.4 is 4.90 Å². The van der Waals surface area contributed by atoms with Crippen LogP contribution in [0.3, 0.4) is 0 Å². The summed E-state index contributed by atoms with van der Waals surface area (Å²) in [6.45, 7) is 5.90. The van der Waals surface area contributed by atoms with Crippen LogP contribution in [-0.4, -0.2) is 29.1 Å². The minimum absolute atomic E-state index is 0.0949. The normalized spacial score (nSPS) is 10.5. The third-order valence-corrected chi connectivity index (χ3v) is 2.34. The molecule has 1 aromatic heterocycles. The van der Waals surface area contributed by atoms with Gasteiger partial charge >= 0.3 is 5.97 Å². The molecule has 4 heteroatoms. The van der Waals surface area contributed by atoms with Crippen LogP contribution in [0.5, 0.6) is 0 Å². The van der Waals surface area contributed by atoms with E-state index >= 15 is 0 Å². The highest BCUT2D eigenvalue weighted by Crippen LogP contribution is 2.17. The SMILES string of the molecule is Cc1cc(N(C)C(C)C)cc(C(=O)O)n1. The van der Waals surface area contributed by atoms with Crippen molar-refractivity contribution in [3.05, 3.63) is 23.5 Å². The molecule has 0 aliphatic heterocycles. The number of carbonyl (C=O) groups is 1. The Labute approximate surface area is 89.6 Å². The zero-order valence-electron chi connectivity index (χ0n) is 9.48. The molecule has 0 unspecified atom stereocenters. The van der Waals surface area contributed by atoms with Gasteiger partial charge in [-0.1, -0.05) is 0 Å².